The predicted octanol–water partition coefficient (Wildman–Crippen LogP) is 0.330. The van der Waals surface area contributed by atoms with Crippen LogP contribution in [0.15, 0.2) is 12.2 Å². The first-order chi connectivity index (χ1) is 7.70. The van der Waals surface area contributed by atoms with Gasteiger partial charge < -0.3 is 14.0 Å². The topological polar surface area (TPSA) is 38.8 Å². The van der Waals surface area contributed by atoms with Crippen LogP contribution in [-0.4, -0.2) is 53.1 Å². The number of nitrogens with zero attached hydrogens (tertiary/aromatic N) is 1. The van der Waals surface area contributed by atoms with Gasteiger partial charge in [0.05, 0.1) is 29.5 Å². The van der Waals surface area contributed by atoms with Crippen molar-refractivity contribution in [2.24, 2.45) is 0 Å². The molecule has 16 heavy (non-hydrogen) atoms. The quantitative estimate of drug-likeness (QED) is 0.292. The van der Waals surface area contributed by atoms with Gasteiger partial charge in [0.25, 0.3) is 0 Å². The van der Waals surface area contributed by atoms with E-state index in [0.717, 1.165) is 32.7 Å². The van der Waals surface area contributed by atoms with Crippen LogP contribution in [0.25, 0.3) is 0 Å². The van der Waals surface area contributed by atoms with E-state index in [1.807, 2.05) is 0 Å². The van der Waals surface area contributed by atoms with Crippen molar-refractivity contribution in [1.29, 1.82) is 0 Å². The van der Waals surface area contributed by atoms with Crippen molar-refractivity contribution in [2.45, 2.75) is 19.4 Å². The van der Waals surface area contributed by atoms with E-state index in [1.165, 1.54) is 6.04 Å². The molecule has 0 radical (unpaired) electrons. The zero-order valence-electron chi connectivity index (χ0n) is 10.0. The molecular weight excluding hydrogens is 222 g/mol. The van der Waals surface area contributed by atoms with Gasteiger partial charge in [-0.05, 0) is 19.4 Å². The van der Waals surface area contributed by atoms with E-state index in [-0.39, 0.29) is 15.7 Å². The minimum atomic E-state index is -0.270. The highest BCUT2D eigenvalue weighted by molar-refractivity contribution is 6.31. The van der Waals surface area contributed by atoms with E-state index in [9.17, 15) is 4.79 Å². The van der Waals surface area contributed by atoms with Crippen molar-refractivity contribution in [3.8, 4) is 0 Å². The van der Waals surface area contributed by atoms with Gasteiger partial charge in [0.2, 0.25) is 0 Å². The van der Waals surface area contributed by atoms with Gasteiger partial charge in [-0.3, -0.25) is 0 Å². The summed E-state index contributed by atoms with van der Waals surface area (Å²) >= 11 is 0. The Morgan fingerprint density at radius 2 is 2.19 bits per heavy atom. The zero-order valence-corrected chi connectivity index (χ0v) is 11.5. The summed E-state index contributed by atoms with van der Waals surface area (Å²) in [5.74, 6) is -0.270. The number of hydrogen-bond acceptors (Lipinski definition) is 4. The largest absolute Gasteiger partial charge is 0.462 e. The lowest BCUT2D eigenvalue weighted by atomic mass is 10.4. The van der Waals surface area contributed by atoms with Crippen LogP contribution < -0.4 is 0 Å². The molecule has 5 heteroatoms. The molecule has 0 saturated carbocycles. The minimum Gasteiger partial charge on any atom is -0.462 e. The molecule has 92 valence electrons. The molecule has 1 aliphatic heterocycles. The minimum absolute atomic E-state index is 0.159. The van der Waals surface area contributed by atoms with Gasteiger partial charge in [-0.1, -0.05) is 6.58 Å². The molecule has 1 aliphatic rings. The number of esters is 1. The van der Waals surface area contributed by atoms with Gasteiger partial charge >= 0.3 is 5.97 Å². The molecule has 0 aromatic carbocycles. The van der Waals surface area contributed by atoms with E-state index < -0.39 is 0 Å². The van der Waals surface area contributed by atoms with Gasteiger partial charge in [0.15, 0.2) is 0 Å². The second-order valence-electron chi connectivity index (χ2n) is 4.08. The monoisotopic (exact) mass is 243 g/mol. The van der Waals surface area contributed by atoms with Gasteiger partial charge in [0, 0.05) is 18.7 Å². The molecule has 4 nitrogen and oxygen atoms in total. The summed E-state index contributed by atoms with van der Waals surface area (Å²) in [6.45, 7) is 9.65. The van der Waals surface area contributed by atoms with Gasteiger partial charge in [-0.2, -0.15) is 0 Å². The Bertz CT molecular complexity index is 239. The number of carbonyl (C=O) groups excluding carboxylic acids is 1. The van der Waals surface area contributed by atoms with Gasteiger partial charge in [-0.15, -0.1) is 0 Å². The van der Waals surface area contributed by atoms with E-state index in [2.05, 4.69) is 11.1 Å². The van der Waals surface area contributed by atoms with Crippen molar-refractivity contribution < 1.29 is 14.3 Å². The summed E-state index contributed by atoms with van der Waals surface area (Å²) in [5, 5.41) is 0. The molecule has 0 aromatic rings. The van der Waals surface area contributed by atoms with Crippen LogP contribution in [0.4, 0.5) is 0 Å². The summed E-state index contributed by atoms with van der Waals surface area (Å²) in [4.78, 5) is 11.1. The molecule has 0 N–H and O–H groups in total. The van der Waals surface area contributed by atoms with Crippen molar-refractivity contribution in [3.63, 3.8) is 0 Å². The summed E-state index contributed by atoms with van der Waals surface area (Å²) in [7, 11) is -0.159. The van der Waals surface area contributed by atoms with Gasteiger partial charge in [-0.25, -0.2) is 4.79 Å². The number of hydrogen-bond donors (Lipinski definition) is 0. The fourth-order valence-corrected chi connectivity index (χ4v) is 3.13. The Balaban J connectivity index is 1.95. The number of rotatable bonds is 6. The summed E-state index contributed by atoms with van der Waals surface area (Å²) < 4.78 is 12.8. The summed E-state index contributed by atoms with van der Waals surface area (Å²) in [6.07, 6.45) is 0.975. The fourth-order valence-electron chi connectivity index (χ4n) is 1.55. The van der Waals surface area contributed by atoms with E-state index in [0.29, 0.717) is 12.2 Å². The first-order valence-corrected chi connectivity index (χ1v) is 7.46. The fraction of sp³-hybridized carbons (Fsp3) is 0.727. The third-order valence-electron chi connectivity index (χ3n) is 2.55. The standard InChI is InChI=1S/C11H21NO3Si/c1-10(2)11(13)15-6-3-9-16-12-4-7-14-8-5-12/h1,3-9,16H2,2H3. The third-order valence-corrected chi connectivity index (χ3v) is 4.64. The molecule has 1 rings (SSSR count). The molecule has 0 spiro atoms. The van der Waals surface area contributed by atoms with Crippen molar-refractivity contribution in [2.75, 3.05) is 32.9 Å². The average molecular weight is 243 g/mol. The maximum absolute atomic E-state index is 11.1. The van der Waals surface area contributed by atoms with Crippen LogP contribution in [0, 0.1) is 0 Å². The SMILES string of the molecule is C=C(C)C(=O)OCCC[SiH2]N1CCOCC1. The Hall–Kier alpha value is -0.653. The van der Waals surface area contributed by atoms with Crippen molar-refractivity contribution >= 4 is 15.7 Å². The molecule has 1 heterocycles. The predicted molar refractivity (Wildman–Crippen MR) is 66.1 cm³/mol. The van der Waals surface area contributed by atoms with Crippen molar-refractivity contribution in [3.05, 3.63) is 12.2 Å². The summed E-state index contributed by atoms with van der Waals surface area (Å²) in [5.41, 5.74) is 0.477. The molecule has 0 unspecified atom stereocenters. The second kappa shape index (κ2) is 7.59. The Kier molecular flexibility index (Phi) is 6.36. The molecular formula is C11H21NO3Si. The molecule has 0 amide bonds. The molecule has 0 aliphatic carbocycles. The number of ether oxygens (including phenoxy) is 2. The molecule has 1 saturated heterocycles. The van der Waals surface area contributed by atoms with E-state index >= 15 is 0 Å². The first-order valence-electron chi connectivity index (χ1n) is 5.83. The van der Waals surface area contributed by atoms with Crippen LogP contribution in [0.3, 0.4) is 0 Å². The van der Waals surface area contributed by atoms with Gasteiger partial charge in [0.1, 0.15) is 0 Å². The second-order valence-corrected chi connectivity index (χ2v) is 6.13. The normalized spacial score (nSPS) is 17.8. The average Bonchev–Trinajstić information content (AvgIpc) is 2.29. The highest BCUT2D eigenvalue weighted by atomic mass is 28.2. The van der Waals surface area contributed by atoms with Crippen LogP contribution in [0.2, 0.25) is 6.04 Å². The smallest absolute Gasteiger partial charge is 0.333 e. The maximum atomic E-state index is 11.1. The maximum Gasteiger partial charge on any atom is 0.333 e. The summed E-state index contributed by atoms with van der Waals surface area (Å²) in [6, 6.07) is 1.20. The zero-order chi connectivity index (χ0) is 11.8. The van der Waals surface area contributed by atoms with Crippen molar-refractivity contribution in [1.82, 2.24) is 4.57 Å². The lowest BCUT2D eigenvalue weighted by molar-refractivity contribution is -0.138. The van der Waals surface area contributed by atoms with Crippen LogP contribution in [-0.2, 0) is 14.3 Å². The third kappa shape index (κ3) is 5.44. The Morgan fingerprint density at radius 1 is 1.50 bits per heavy atom. The van der Waals surface area contributed by atoms with Crippen LogP contribution >= 0.6 is 0 Å². The molecule has 0 aromatic heterocycles. The molecule has 0 atom stereocenters. The highest BCUT2D eigenvalue weighted by Crippen LogP contribution is 2.00. The number of morpholine rings is 1. The Morgan fingerprint density at radius 3 is 2.81 bits per heavy atom. The van der Waals surface area contributed by atoms with E-state index in [1.54, 1.807) is 6.92 Å². The lowest BCUT2D eigenvalue weighted by Gasteiger charge is -2.26. The highest BCUT2D eigenvalue weighted by Gasteiger charge is 2.09. The lowest BCUT2D eigenvalue weighted by Crippen LogP contribution is -2.38. The first kappa shape index (κ1) is 13.4. The molecule has 0 bridgehead atoms. The van der Waals surface area contributed by atoms with Crippen LogP contribution in [0.1, 0.15) is 13.3 Å². The molecule has 1 fully saturated rings. The Labute approximate surface area is 99.5 Å². The van der Waals surface area contributed by atoms with E-state index in [4.69, 9.17) is 9.47 Å². The van der Waals surface area contributed by atoms with Crippen LogP contribution in [0.5, 0.6) is 0 Å². The number of carbonyl (C=O) groups is 1.